The van der Waals surface area contributed by atoms with Crippen LogP contribution in [0.3, 0.4) is 0 Å². The van der Waals surface area contributed by atoms with Gasteiger partial charge in [0, 0.05) is 35.1 Å². The molecule has 24 heavy (non-hydrogen) atoms. The quantitative estimate of drug-likeness (QED) is 0.667. The van der Waals surface area contributed by atoms with Crippen molar-refractivity contribution in [1.29, 1.82) is 0 Å². The first kappa shape index (κ1) is 15.5. The molecule has 0 unspecified atom stereocenters. The molecule has 0 bridgehead atoms. The predicted molar refractivity (Wildman–Crippen MR) is 96.2 cm³/mol. The molecule has 0 spiro atoms. The van der Waals surface area contributed by atoms with Crippen LogP contribution in [0.1, 0.15) is 34.2 Å². The van der Waals surface area contributed by atoms with Crippen molar-refractivity contribution in [3.05, 3.63) is 51.4 Å². The molecule has 2 aromatic heterocycles. The van der Waals surface area contributed by atoms with E-state index >= 15 is 0 Å². The maximum absolute atomic E-state index is 6.43. The van der Waals surface area contributed by atoms with E-state index in [1.807, 2.05) is 38.1 Å². The maximum Gasteiger partial charge on any atom is 0.219 e. The van der Waals surface area contributed by atoms with E-state index in [-0.39, 0.29) is 0 Å². The van der Waals surface area contributed by atoms with Crippen LogP contribution in [0, 0.1) is 13.8 Å². The van der Waals surface area contributed by atoms with Crippen LogP contribution in [0.15, 0.2) is 21.0 Å². The second-order valence-corrected chi connectivity index (χ2v) is 6.77. The summed E-state index contributed by atoms with van der Waals surface area (Å²) in [5.41, 5.74) is 4.16. The minimum atomic E-state index is 0.595. The molecular formula is C19H19ClN2O2. The molecule has 0 amide bonds. The second kappa shape index (κ2) is 5.80. The molecule has 0 saturated heterocycles. The Labute approximate surface area is 145 Å². The van der Waals surface area contributed by atoms with Crippen molar-refractivity contribution in [2.75, 3.05) is 13.6 Å². The molecule has 1 aliphatic heterocycles. The van der Waals surface area contributed by atoms with Crippen LogP contribution >= 0.6 is 11.6 Å². The lowest BCUT2D eigenvalue weighted by molar-refractivity contribution is 0.334. The molecule has 3 aromatic rings. The number of oxazole rings is 1. The van der Waals surface area contributed by atoms with Gasteiger partial charge < -0.3 is 13.7 Å². The zero-order valence-corrected chi connectivity index (χ0v) is 14.8. The Kier molecular flexibility index (Phi) is 3.74. The number of hydrogen-bond donors (Lipinski definition) is 0. The van der Waals surface area contributed by atoms with Crippen molar-refractivity contribution in [2.24, 2.45) is 0 Å². The Morgan fingerprint density at radius 3 is 2.75 bits per heavy atom. The minimum absolute atomic E-state index is 0.595. The van der Waals surface area contributed by atoms with Gasteiger partial charge in [-0.1, -0.05) is 11.6 Å². The zero-order valence-electron chi connectivity index (χ0n) is 14.0. The van der Waals surface area contributed by atoms with Crippen molar-refractivity contribution in [3.63, 3.8) is 0 Å². The zero-order chi connectivity index (χ0) is 16.8. The number of nitrogens with zero attached hydrogens (tertiary/aromatic N) is 2. The standard InChI is InChI=1S/C19H19ClN2O2/c1-11-12(2)23-18(21-11)7-6-16-14-10-22(3)9-8-13-15(20)4-5-17(24-16)19(13)14/h4-7H,8-10H2,1-3H3/b7-6+. The van der Waals surface area contributed by atoms with Gasteiger partial charge in [-0.2, -0.15) is 0 Å². The van der Waals surface area contributed by atoms with Crippen molar-refractivity contribution >= 4 is 34.7 Å². The van der Waals surface area contributed by atoms with Crippen molar-refractivity contribution in [2.45, 2.75) is 26.8 Å². The smallest absolute Gasteiger partial charge is 0.219 e. The number of aryl methyl sites for hydroxylation is 2. The molecule has 1 aliphatic rings. The monoisotopic (exact) mass is 342 g/mol. The van der Waals surface area contributed by atoms with Crippen LogP contribution in [-0.2, 0) is 13.0 Å². The Morgan fingerprint density at radius 2 is 2.00 bits per heavy atom. The summed E-state index contributed by atoms with van der Waals surface area (Å²) in [4.78, 5) is 6.68. The molecule has 4 nitrogen and oxygen atoms in total. The third-order valence-corrected chi connectivity index (χ3v) is 4.98. The highest BCUT2D eigenvalue weighted by atomic mass is 35.5. The molecule has 3 heterocycles. The average molecular weight is 343 g/mol. The van der Waals surface area contributed by atoms with Crippen LogP contribution in [0.2, 0.25) is 5.02 Å². The van der Waals surface area contributed by atoms with Crippen molar-refractivity contribution in [1.82, 2.24) is 9.88 Å². The fourth-order valence-corrected chi connectivity index (χ4v) is 3.48. The van der Waals surface area contributed by atoms with Gasteiger partial charge in [-0.15, -0.1) is 0 Å². The van der Waals surface area contributed by atoms with Gasteiger partial charge in [-0.3, -0.25) is 0 Å². The lowest BCUT2D eigenvalue weighted by Gasteiger charge is -2.12. The first-order chi connectivity index (χ1) is 11.5. The summed E-state index contributed by atoms with van der Waals surface area (Å²) in [5, 5.41) is 1.97. The van der Waals surface area contributed by atoms with Crippen LogP contribution < -0.4 is 0 Å². The molecular weight excluding hydrogens is 324 g/mol. The molecule has 5 heteroatoms. The molecule has 0 atom stereocenters. The highest BCUT2D eigenvalue weighted by molar-refractivity contribution is 6.32. The Balaban J connectivity index is 1.83. The van der Waals surface area contributed by atoms with Crippen LogP contribution in [0.25, 0.3) is 23.1 Å². The van der Waals surface area contributed by atoms with Gasteiger partial charge in [0.05, 0.1) is 5.69 Å². The SMILES string of the molecule is Cc1nc(/C=C/c2oc3ccc(Cl)c4c3c2CN(C)CC4)oc1C. The largest absolute Gasteiger partial charge is 0.456 e. The van der Waals surface area contributed by atoms with Gasteiger partial charge in [0.1, 0.15) is 17.1 Å². The number of aromatic nitrogens is 1. The minimum Gasteiger partial charge on any atom is -0.456 e. The van der Waals surface area contributed by atoms with E-state index < -0.39 is 0 Å². The molecule has 4 rings (SSSR count). The van der Waals surface area contributed by atoms with E-state index in [1.54, 1.807) is 0 Å². The third kappa shape index (κ3) is 2.56. The molecule has 1 aromatic carbocycles. The lowest BCUT2D eigenvalue weighted by Crippen LogP contribution is -2.18. The first-order valence-corrected chi connectivity index (χ1v) is 8.44. The number of benzene rings is 1. The molecule has 0 aliphatic carbocycles. The molecule has 0 radical (unpaired) electrons. The van der Waals surface area contributed by atoms with Gasteiger partial charge >= 0.3 is 0 Å². The normalized spacial score (nSPS) is 15.5. The summed E-state index contributed by atoms with van der Waals surface area (Å²) in [6, 6.07) is 3.87. The topological polar surface area (TPSA) is 42.4 Å². The summed E-state index contributed by atoms with van der Waals surface area (Å²) in [5.74, 6) is 2.28. The van der Waals surface area contributed by atoms with Crippen LogP contribution in [0.5, 0.6) is 0 Å². The summed E-state index contributed by atoms with van der Waals surface area (Å²) < 4.78 is 11.7. The Bertz CT molecular complexity index is 933. The lowest BCUT2D eigenvalue weighted by atomic mass is 10.0. The molecule has 0 fully saturated rings. The van der Waals surface area contributed by atoms with Gasteiger partial charge in [0.25, 0.3) is 0 Å². The Hall–Kier alpha value is -2.04. The van der Waals surface area contributed by atoms with Gasteiger partial charge in [0.2, 0.25) is 5.89 Å². The molecule has 124 valence electrons. The first-order valence-electron chi connectivity index (χ1n) is 8.06. The molecule has 0 N–H and O–H groups in total. The number of hydrogen-bond acceptors (Lipinski definition) is 4. The number of likely N-dealkylation sites (N-methyl/N-ethyl adjacent to an activating group) is 1. The number of furan rings is 1. The maximum atomic E-state index is 6.43. The second-order valence-electron chi connectivity index (χ2n) is 6.36. The van der Waals surface area contributed by atoms with Crippen molar-refractivity contribution < 1.29 is 8.83 Å². The van der Waals surface area contributed by atoms with E-state index in [0.29, 0.717) is 5.89 Å². The van der Waals surface area contributed by atoms with Gasteiger partial charge in [0.15, 0.2) is 0 Å². The highest BCUT2D eigenvalue weighted by Gasteiger charge is 2.22. The van der Waals surface area contributed by atoms with E-state index in [0.717, 1.165) is 52.7 Å². The van der Waals surface area contributed by atoms with E-state index in [2.05, 4.69) is 16.9 Å². The van der Waals surface area contributed by atoms with E-state index in [9.17, 15) is 0 Å². The van der Waals surface area contributed by atoms with Crippen LogP contribution in [-0.4, -0.2) is 23.5 Å². The van der Waals surface area contributed by atoms with Crippen LogP contribution in [0.4, 0.5) is 0 Å². The summed E-state index contributed by atoms with van der Waals surface area (Å²) >= 11 is 6.43. The number of halogens is 1. The summed E-state index contributed by atoms with van der Waals surface area (Å²) in [7, 11) is 2.12. The van der Waals surface area contributed by atoms with Crippen molar-refractivity contribution in [3.8, 4) is 0 Å². The highest BCUT2D eigenvalue weighted by Crippen LogP contribution is 2.36. The third-order valence-electron chi connectivity index (χ3n) is 4.63. The fraction of sp³-hybridized carbons (Fsp3) is 0.316. The number of rotatable bonds is 2. The summed E-state index contributed by atoms with van der Waals surface area (Å²) in [6.45, 7) is 5.67. The average Bonchev–Trinajstić information content (AvgIpc) is 2.98. The van der Waals surface area contributed by atoms with Gasteiger partial charge in [-0.25, -0.2) is 4.98 Å². The summed E-state index contributed by atoms with van der Waals surface area (Å²) in [6.07, 6.45) is 4.73. The molecule has 0 saturated carbocycles. The fourth-order valence-electron chi connectivity index (χ4n) is 3.22. The Morgan fingerprint density at radius 1 is 1.17 bits per heavy atom. The van der Waals surface area contributed by atoms with E-state index in [1.165, 1.54) is 11.1 Å². The predicted octanol–water partition coefficient (Wildman–Crippen LogP) is 4.85. The van der Waals surface area contributed by atoms with E-state index in [4.69, 9.17) is 20.4 Å². The van der Waals surface area contributed by atoms with Gasteiger partial charge in [-0.05, 0) is 51.1 Å².